The van der Waals surface area contributed by atoms with E-state index in [1.54, 1.807) is 0 Å². The zero-order valence-corrected chi connectivity index (χ0v) is 11.5. The van der Waals surface area contributed by atoms with Crippen molar-refractivity contribution in [1.82, 2.24) is 4.90 Å². The fourth-order valence-electron chi connectivity index (χ4n) is 2.32. The van der Waals surface area contributed by atoms with Gasteiger partial charge in [-0.25, -0.2) is 9.59 Å². The molecule has 0 bridgehead atoms. The average molecular weight is 271 g/mol. The van der Waals surface area contributed by atoms with Gasteiger partial charge in [0.1, 0.15) is 0 Å². The maximum Gasteiger partial charge on any atom is 0.332 e. The number of ether oxygens (including phenoxy) is 1. The Labute approximate surface area is 112 Å². The molecule has 1 aliphatic heterocycles. The summed E-state index contributed by atoms with van der Waals surface area (Å²) in [4.78, 5) is 24.0. The Morgan fingerprint density at radius 2 is 1.68 bits per heavy atom. The number of hydrogen-bond donors (Lipinski definition) is 2. The van der Waals surface area contributed by atoms with Gasteiger partial charge in [-0.05, 0) is 27.2 Å². The van der Waals surface area contributed by atoms with Crippen molar-refractivity contribution in [3.63, 3.8) is 0 Å². The van der Waals surface area contributed by atoms with Crippen LogP contribution in [0.5, 0.6) is 0 Å². The van der Waals surface area contributed by atoms with E-state index in [-0.39, 0.29) is 29.8 Å². The number of morpholine rings is 1. The standard InChI is InChI=1S/C13H21NO5/c1-8-6-14(7-9(2)19-8)5-4-11(13(17)18)10(3)12(15)16/h8-9H,4-7H2,1-3H3,(H,15,16)(H,17,18)/b11-10+. The Hall–Kier alpha value is -1.40. The van der Waals surface area contributed by atoms with Crippen molar-refractivity contribution in [3.8, 4) is 0 Å². The van der Waals surface area contributed by atoms with Crippen molar-refractivity contribution in [2.75, 3.05) is 19.6 Å². The largest absolute Gasteiger partial charge is 0.478 e. The molecule has 6 heteroatoms. The smallest absolute Gasteiger partial charge is 0.332 e. The van der Waals surface area contributed by atoms with Gasteiger partial charge in [-0.2, -0.15) is 0 Å². The summed E-state index contributed by atoms with van der Waals surface area (Å²) in [6.07, 6.45) is 0.454. The number of rotatable bonds is 5. The second kappa shape index (κ2) is 6.68. The minimum absolute atomic E-state index is 0.0284. The van der Waals surface area contributed by atoms with Crippen molar-refractivity contribution in [2.24, 2.45) is 0 Å². The lowest BCUT2D eigenvalue weighted by atomic mass is 10.1. The molecule has 1 fully saturated rings. The third-order valence-electron chi connectivity index (χ3n) is 3.20. The molecular weight excluding hydrogens is 250 g/mol. The summed E-state index contributed by atoms with van der Waals surface area (Å²) in [5, 5.41) is 17.9. The predicted octanol–water partition coefficient (Wildman–Crippen LogP) is 0.971. The summed E-state index contributed by atoms with van der Waals surface area (Å²) >= 11 is 0. The van der Waals surface area contributed by atoms with Crippen molar-refractivity contribution >= 4 is 11.9 Å². The molecule has 2 atom stereocenters. The number of carboxylic acid groups (broad SMARTS) is 2. The molecule has 1 saturated heterocycles. The SMILES string of the molecule is C/C(C(=O)O)=C(/CCN1CC(C)OC(C)C1)C(=O)O. The van der Waals surface area contributed by atoms with Gasteiger partial charge in [0.25, 0.3) is 0 Å². The second-order valence-corrected chi connectivity index (χ2v) is 4.98. The van der Waals surface area contributed by atoms with E-state index in [1.165, 1.54) is 6.92 Å². The highest BCUT2D eigenvalue weighted by Crippen LogP contribution is 2.15. The van der Waals surface area contributed by atoms with E-state index in [1.807, 2.05) is 13.8 Å². The number of aliphatic carboxylic acids is 2. The summed E-state index contributed by atoms with van der Waals surface area (Å²) in [7, 11) is 0. The lowest BCUT2D eigenvalue weighted by Crippen LogP contribution is -2.45. The van der Waals surface area contributed by atoms with Gasteiger partial charge >= 0.3 is 11.9 Å². The van der Waals surface area contributed by atoms with Crippen LogP contribution in [0.1, 0.15) is 27.2 Å². The molecule has 0 aromatic rings. The monoisotopic (exact) mass is 271 g/mol. The molecular formula is C13H21NO5. The van der Waals surface area contributed by atoms with Gasteiger partial charge in [0.2, 0.25) is 0 Å². The lowest BCUT2D eigenvalue weighted by molar-refractivity contribution is -0.136. The van der Waals surface area contributed by atoms with Crippen LogP contribution < -0.4 is 0 Å². The molecule has 2 N–H and O–H groups in total. The normalized spacial score (nSPS) is 25.8. The summed E-state index contributed by atoms with van der Waals surface area (Å²) in [5.41, 5.74) is -0.124. The van der Waals surface area contributed by atoms with Gasteiger partial charge in [0.15, 0.2) is 0 Å². The molecule has 108 valence electrons. The van der Waals surface area contributed by atoms with Crippen molar-refractivity contribution in [1.29, 1.82) is 0 Å². The quantitative estimate of drug-likeness (QED) is 0.725. The maximum atomic E-state index is 11.1. The van der Waals surface area contributed by atoms with Crippen molar-refractivity contribution in [3.05, 3.63) is 11.1 Å². The van der Waals surface area contributed by atoms with Crippen LogP contribution in [-0.2, 0) is 14.3 Å². The van der Waals surface area contributed by atoms with Crippen LogP contribution in [0.4, 0.5) is 0 Å². The molecule has 0 aliphatic carbocycles. The topological polar surface area (TPSA) is 87.1 Å². The number of carbonyl (C=O) groups is 2. The molecule has 2 unspecified atom stereocenters. The number of carboxylic acids is 2. The first-order chi connectivity index (χ1) is 8.81. The number of hydrogen-bond acceptors (Lipinski definition) is 4. The van der Waals surface area contributed by atoms with Gasteiger partial charge in [-0.1, -0.05) is 0 Å². The third kappa shape index (κ3) is 4.65. The first-order valence-corrected chi connectivity index (χ1v) is 6.35. The van der Waals surface area contributed by atoms with Crippen LogP contribution in [0.25, 0.3) is 0 Å². The van der Waals surface area contributed by atoms with Gasteiger partial charge in [0, 0.05) is 30.8 Å². The molecule has 1 heterocycles. The summed E-state index contributed by atoms with van der Waals surface area (Å²) < 4.78 is 5.59. The van der Waals surface area contributed by atoms with Gasteiger partial charge in [0.05, 0.1) is 12.2 Å². The van der Waals surface area contributed by atoms with Crippen LogP contribution in [0.2, 0.25) is 0 Å². The van der Waals surface area contributed by atoms with Gasteiger partial charge in [-0.3, -0.25) is 4.90 Å². The Morgan fingerprint density at radius 1 is 1.16 bits per heavy atom. The van der Waals surface area contributed by atoms with E-state index in [0.717, 1.165) is 13.1 Å². The Balaban J connectivity index is 2.65. The minimum Gasteiger partial charge on any atom is -0.478 e. The third-order valence-corrected chi connectivity index (χ3v) is 3.20. The fraction of sp³-hybridized carbons (Fsp3) is 0.692. The highest BCUT2D eigenvalue weighted by molar-refractivity contribution is 5.98. The van der Waals surface area contributed by atoms with E-state index in [0.29, 0.717) is 6.54 Å². The van der Waals surface area contributed by atoms with Crippen molar-refractivity contribution in [2.45, 2.75) is 39.4 Å². The van der Waals surface area contributed by atoms with E-state index in [4.69, 9.17) is 14.9 Å². The van der Waals surface area contributed by atoms with E-state index >= 15 is 0 Å². The zero-order chi connectivity index (χ0) is 14.6. The average Bonchev–Trinajstić information content (AvgIpc) is 2.26. The van der Waals surface area contributed by atoms with E-state index in [9.17, 15) is 9.59 Å². The van der Waals surface area contributed by atoms with Crippen LogP contribution in [-0.4, -0.2) is 58.9 Å². The summed E-state index contributed by atoms with van der Waals surface area (Å²) in [6, 6.07) is 0. The summed E-state index contributed by atoms with van der Waals surface area (Å²) in [5.74, 6) is -2.34. The molecule has 0 saturated carbocycles. The molecule has 19 heavy (non-hydrogen) atoms. The first kappa shape index (κ1) is 15.7. The Morgan fingerprint density at radius 3 is 2.11 bits per heavy atom. The Bertz CT molecular complexity index is 380. The molecule has 1 rings (SSSR count). The number of nitrogens with zero attached hydrogens (tertiary/aromatic N) is 1. The van der Waals surface area contributed by atoms with Crippen LogP contribution in [0.3, 0.4) is 0 Å². The molecule has 0 amide bonds. The van der Waals surface area contributed by atoms with Crippen molar-refractivity contribution < 1.29 is 24.5 Å². The second-order valence-electron chi connectivity index (χ2n) is 4.98. The highest BCUT2D eigenvalue weighted by atomic mass is 16.5. The van der Waals surface area contributed by atoms with Crippen LogP contribution in [0.15, 0.2) is 11.1 Å². The molecule has 6 nitrogen and oxygen atoms in total. The summed E-state index contributed by atoms with van der Waals surface area (Å²) in [6.45, 7) is 7.28. The highest BCUT2D eigenvalue weighted by Gasteiger charge is 2.23. The van der Waals surface area contributed by atoms with Crippen LogP contribution >= 0.6 is 0 Å². The molecule has 1 aliphatic rings. The Kier molecular flexibility index (Phi) is 5.50. The van der Waals surface area contributed by atoms with Crippen LogP contribution in [0, 0.1) is 0 Å². The van der Waals surface area contributed by atoms with Gasteiger partial charge < -0.3 is 14.9 Å². The molecule has 0 spiro atoms. The van der Waals surface area contributed by atoms with E-state index < -0.39 is 11.9 Å². The minimum atomic E-state index is -1.18. The fourth-order valence-corrected chi connectivity index (χ4v) is 2.32. The zero-order valence-electron chi connectivity index (χ0n) is 11.5. The van der Waals surface area contributed by atoms with E-state index in [2.05, 4.69) is 4.90 Å². The first-order valence-electron chi connectivity index (χ1n) is 6.35. The molecule has 0 radical (unpaired) electrons. The van der Waals surface area contributed by atoms with Gasteiger partial charge in [-0.15, -0.1) is 0 Å². The molecule has 0 aromatic heterocycles. The predicted molar refractivity (Wildman–Crippen MR) is 69.0 cm³/mol. The maximum absolute atomic E-state index is 11.1. The molecule has 0 aromatic carbocycles. The lowest BCUT2D eigenvalue weighted by Gasteiger charge is -2.35.